The Hall–Kier alpha value is -2.30. The summed E-state index contributed by atoms with van der Waals surface area (Å²) in [5.74, 6) is -1.59. The van der Waals surface area contributed by atoms with Gasteiger partial charge in [-0.05, 0) is 26.0 Å². The van der Waals surface area contributed by atoms with Crippen molar-refractivity contribution >= 4 is 11.9 Å². The van der Waals surface area contributed by atoms with Gasteiger partial charge < -0.3 is 14.6 Å². The highest BCUT2D eigenvalue weighted by Crippen LogP contribution is 2.24. The Labute approximate surface area is 105 Å². The van der Waals surface area contributed by atoms with Crippen LogP contribution >= 0.6 is 0 Å². The van der Waals surface area contributed by atoms with Crippen LogP contribution in [0.3, 0.4) is 0 Å². The number of carbonyl (C=O) groups is 2. The van der Waals surface area contributed by atoms with Crippen LogP contribution in [0, 0.1) is 0 Å². The lowest BCUT2D eigenvalue weighted by molar-refractivity contribution is -0.158. The van der Waals surface area contributed by atoms with E-state index in [-0.39, 0.29) is 17.1 Å². The summed E-state index contributed by atoms with van der Waals surface area (Å²) >= 11 is 0. The second-order valence-electron chi connectivity index (χ2n) is 3.72. The molecule has 0 aliphatic heterocycles. The molecule has 0 spiro atoms. The van der Waals surface area contributed by atoms with Crippen LogP contribution in [0.15, 0.2) is 36.4 Å². The normalized spacial score (nSPS) is 11.4. The summed E-state index contributed by atoms with van der Waals surface area (Å²) < 4.78 is 9.68. The van der Waals surface area contributed by atoms with E-state index in [1.165, 1.54) is 26.0 Å². The summed E-state index contributed by atoms with van der Waals surface area (Å²) in [5, 5.41) is 9.41. The van der Waals surface area contributed by atoms with Gasteiger partial charge >= 0.3 is 11.9 Å². The molecule has 0 heterocycles. The quantitative estimate of drug-likeness (QED) is 0.501. The molecule has 0 saturated carbocycles. The molecule has 0 aliphatic carbocycles. The number of carbonyl (C=O) groups excluding carboxylic acids is 2. The van der Waals surface area contributed by atoms with Crippen molar-refractivity contribution in [3.05, 3.63) is 36.4 Å². The highest BCUT2D eigenvalue weighted by molar-refractivity contribution is 5.89. The number of phenolic OH excluding ortho intramolecular Hbond substituents is 1. The Morgan fingerprint density at radius 3 is 2.50 bits per heavy atom. The molecule has 5 nitrogen and oxygen atoms in total. The van der Waals surface area contributed by atoms with Crippen molar-refractivity contribution in [2.45, 2.75) is 20.0 Å². The first-order valence-electron chi connectivity index (χ1n) is 5.28. The van der Waals surface area contributed by atoms with E-state index in [1.54, 1.807) is 12.1 Å². The molecule has 96 valence electrons. The van der Waals surface area contributed by atoms with Gasteiger partial charge in [0.05, 0.1) is 0 Å². The van der Waals surface area contributed by atoms with Gasteiger partial charge in [0.25, 0.3) is 0 Å². The van der Waals surface area contributed by atoms with Crippen molar-refractivity contribution in [3.63, 3.8) is 0 Å². The first-order chi connectivity index (χ1) is 8.41. The van der Waals surface area contributed by atoms with Crippen molar-refractivity contribution in [2.24, 2.45) is 0 Å². The zero-order valence-electron chi connectivity index (χ0n) is 10.2. The number of para-hydroxylation sites is 2. The lowest BCUT2D eigenvalue weighted by Crippen LogP contribution is -2.28. The van der Waals surface area contributed by atoms with Crippen LogP contribution < -0.4 is 4.74 Å². The maximum Gasteiger partial charge on any atom is 0.352 e. The molecule has 18 heavy (non-hydrogen) atoms. The lowest BCUT2D eigenvalue weighted by atomic mass is 10.3. The van der Waals surface area contributed by atoms with Crippen LogP contribution in [0.2, 0.25) is 0 Å². The van der Waals surface area contributed by atoms with Crippen LogP contribution in [0.4, 0.5) is 0 Å². The molecular weight excluding hydrogens is 236 g/mol. The molecule has 0 radical (unpaired) electrons. The zero-order valence-corrected chi connectivity index (χ0v) is 10.2. The number of hydrogen-bond donors (Lipinski definition) is 1. The van der Waals surface area contributed by atoms with Gasteiger partial charge in [-0.15, -0.1) is 0 Å². The maximum absolute atomic E-state index is 11.6. The summed E-state index contributed by atoms with van der Waals surface area (Å²) in [7, 11) is 0. The third kappa shape index (κ3) is 3.62. The second kappa shape index (κ2) is 5.86. The van der Waals surface area contributed by atoms with Gasteiger partial charge in [0.2, 0.25) is 0 Å². The summed E-state index contributed by atoms with van der Waals surface area (Å²) in [6, 6.07) is 6.01. The Morgan fingerprint density at radius 2 is 1.94 bits per heavy atom. The monoisotopic (exact) mass is 250 g/mol. The fraction of sp³-hybridized carbons (Fsp3) is 0.231. The fourth-order valence-electron chi connectivity index (χ4n) is 1.04. The summed E-state index contributed by atoms with van der Waals surface area (Å²) in [5.41, 5.74) is 0.192. The molecule has 0 fully saturated rings. The van der Waals surface area contributed by atoms with Gasteiger partial charge in [-0.25, -0.2) is 9.59 Å². The Morgan fingerprint density at radius 1 is 1.33 bits per heavy atom. The van der Waals surface area contributed by atoms with E-state index in [9.17, 15) is 14.7 Å². The maximum atomic E-state index is 11.6. The molecular formula is C13H14O5. The van der Waals surface area contributed by atoms with Gasteiger partial charge in [0.1, 0.15) is 0 Å². The molecule has 1 rings (SSSR count). The van der Waals surface area contributed by atoms with Gasteiger partial charge in [0, 0.05) is 5.57 Å². The summed E-state index contributed by atoms with van der Waals surface area (Å²) in [6.45, 7) is 6.25. The largest absolute Gasteiger partial charge is 0.504 e. The van der Waals surface area contributed by atoms with Crippen LogP contribution in [0.5, 0.6) is 11.5 Å². The predicted octanol–water partition coefficient (Wildman–Crippen LogP) is 1.81. The van der Waals surface area contributed by atoms with Crippen molar-refractivity contribution in [3.8, 4) is 11.5 Å². The SMILES string of the molecule is C=C(C)C(=O)OC(C)C(=O)Oc1ccccc1O. The minimum Gasteiger partial charge on any atom is -0.504 e. The van der Waals surface area contributed by atoms with E-state index < -0.39 is 18.0 Å². The number of phenols is 1. The number of benzene rings is 1. The third-order valence-corrected chi connectivity index (χ3v) is 2.04. The molecule has 0 aromatic heterocycles. The molecule has 0 amide bonds. The highest BCUT2D eigenvalue weighted by atomic mass is 16.6. The van der Waals surface area contributed by atoms with E-state index in [1.807, 2.05) is 0 Å². The molecule has 0 bridgehead atoms. The molecule has 1 aromatic carbocycles. The number of aromatic hydroxyl groups is 1. The van der Waals surface area contributed by atoms with Gasteiger partial charge in [-0.3, -0.25) is 0 Å². The van der Waals surface area contributed by atoms with Gasteiger partial charge in [-0.1, -0.05) is 18.7 Å². The Balaban J connectivity index is 2.63. The minimum atomic E-state index is -1.08. The zero-order chi connectivity index (χ0) is 13.7. The van der Waals surface area contributed by atoms with Crippen molar-refractivity contribution in [2.75, 3.05) is 0 Å². The number of rotatable bonds is 4. The van der Waals surface area contributed by atoms with Crippen molar-refractivity contribution < 1.29 is 24.2 Å². The van der Waals surface area contributed by atoms with Gasteiger partial charge in [0.15, 0.2) is 17.6 Å². The van der Waals surface area contributed by atoms with Crippen molar-refractivity contribution in [1.82, 2.24) is 0 Å². The lowest BCUT2D eigenvalue weighted by Gasteiger charge is -2.12. The average Bonchev–Trinajstić information content (AvgIpc) is 2.31. The molecule has 1 aromatic rings. The summed E-state index contributed by atoms with van der Waals surface area (Å²) in [4.78, 5) is 22.8. The molecule has 1 N–H and O–H groups in total. The smallest absolute Gasteiger partial charge is 0.352 e. The molecule has 1 unspecified atom stereocenters. The standard InChI is InChI=1S/C13H14O5/c1-8(2)12(15)17-9(3)13(16)18-11-7-5-4-6-10(11)14/h4-7,9,14H,1H2,2-3H3. The second-order valence-corrected chi connectivity index (χ2v) is 3.72. The number of ether oxygens (including phenoxy) is 2. The Bertz CT molecular complexity index is 478. The van der Waals surface area contributed by atoms with Crippen LogP contribution in [0.1, 0.15) is 13.8 Å². The van der Waals surface area contributed by atoms with Crippen molar-refractivity contribution in [1.29, 1.82) is 0 Å². The van der Waals surface area contributed by atoms with Crippen LogP contribution in [0.25, 0.3) is 0 Å². The first-order valence-corrected chi connectivity index (χ1v) is 5.28. The molecule has 0 saturated heterocycles. The first kappa shape index (κ1) is 13.8. The molecule has 5 heteroatoms. The van der Waals surface area contributed by atoms with E-state index in [4.69, 9.17) is 9.47 Å². The van der Waals surface area contributed by atoms with Crippen LogP contribution in [-0.2, 0) is 14.3 Å². The van der Waals surface area contributed by atoms with E-state index in [0.717, 1.165) is 0 Å². The molecule has 0 aliphatic rings. The van der Waals surface area contributed by atoms with E-state index >= 15 is 0 Å². The Kier molecular flexibility index (Phi) is 4.48. The topological polar surface area (TPSA) is 72.8 Å². The highest BCUT2D eigenvalue weighted by Gasteiger charge is 2.21. The fourth-order valence-corrected chi connectivity index (χ4v) is 1.04. The minimum absolute atomic E-state index is 0.0146. The predicted molar refractivity (Wildman–Crippen MR) is 64.1 cm³/mol. The van der Waals surface area contributed by atoms with Gasteiger partial charge in [-0.2, -0.15) is 0 Å². The average molecular weight is 250 g/mol. The van der Waals surface area contributed by atoms with E-state index in [2.05, 4.69) is 6.58 Å². The third-order valence-electron chi connectivity index (χ3n) is 2.04. The number of esters is 2. The van der Waals surface area contributed by atoms with E-state index in [0.29, 0.717) is 0 Å². The van der Waals surface area contributed by atoms with Crippen LogP contribution in [-0.4, -0.2) is 23.1 Å². The summed E-state index contributed by atoms with van der Waals surface area (Å²) in [6.07, 6.45) is -1.08. The molecule has 1 atom stereocenters. The number of hydrogen-bond acceptors (Lipinski definition) is 5.